The van der Waals surface area contributed by atoms with Gasteiger partial charge in [-0.05, 0) is 53.9 Å². The Kier molecular flexibility index (Phi) is 8.06. The van der Waals surface area contributed by atoms with Gasteiger partial charge in [-0.2, -0.15) is 0 Å². The third kappa shape index (κ3) is 5.88. The summed E-state index contributed by atoms with van der Waals surface area (Å²) in [6.07, 6.45) is 0.734. The van der Waals surface area contributed by atoms with Gasteiger partial charge in [-0.3, -0.25) is 4.79 Å². The predicted molar refractivity (Wildman–Crippen MR) is 135 cm³/mol. The molecule has 3 aromatic carbocycles. The fourth-order valence-electron chi connectivity index (χ4n) is 4.30. The van der Waals surface area contributed by atoms with E-state index in [1.165, 1.54) is 22.9 Å². The molecule has 1 aliphatic heterocycles. The van der Waals surface area contributed by atoms with Crippen molar-refractivity contribution in [3.8, 4) is 0 Å². The van der Waals surface area contributed by atoms with Crippen LogP contribution in [0.4, 0.5) is 10.1 Å². The van der Waals surface area contributed by atoms with E-state index in [0.717, 1.165) is 24.2 Å². The first-order valence-electron chi connectivity index (χ1n) is 11.3. The van der Waals surface area contributed by atoms with Crippen molar-refractivity contribution in [1.29, 1.82) is 0 Å². The van der Waals surface area contributed by atoms with Crippen LogP contribution < -0.4 is 10.7 Å². The first kappa shape index (κ1) is 24.5. The van der Waals surface area contributed by atoms with Gasteiger partial charge >= 0.3 is 0 Å². The normalized spacial score (nSPS) is 15.2. The molecule has 1 aliphatic rings. The van der Waals surface area contributed by atoms with E-state index in [1.807, 2.05) is 29.3 Å². The molecule has 0 spiro atoms. The van der Waals surface area contributed by atoms with Crippen molar-refractivity contribution < 1.29 is 9.18 Å². The summed E-state index contributed by atoms with van der Waals surface area (Å²) < 4.78 is 13.5. The number of piperazine rings is 1. The minimum atomic E-state index is -0.310. The van der Waals surface area contributed by atoms with Crippen molar-refractivity contribution in [2.24, 2.45) is 5.84 Å². The van der Waals surface area contributed by atoms with Crippen molar-refractivity contribution in [3.63, 3.8) is 0 Å². The Balaban J connectivity index is 1.40. The Hall–Kier alpha value is -2.64. The number of hydrogen-bond donors (Lipinski definition) is 1. The molecular formula is C26H27Cl2FN4O. The predicted octanol–water partition coefficient (Wildman–Crippen LogP) is 5.48. The van der Waals surface area contributed by atoms with E-state index in [2.05, 4.69) is 17.0 Å². The molecule has 1 saturated heterocycles. The number of rotatable bonds is 7. The molecule has 0 aromatic heterocycles. The summed E-state index contributed by atoms with van der Waals surface area (Å²) in [5.74, 6) is 5.58. The average Bonchev–Trinajstić information content (AvgIpc) is 2.87. The molecule has 0 radical (unpaired) electrons. The van der Waals surface area contributed by atoms with E-state index in [9.17, 15) is 9.18 Å². The first-order chi connectivity index (χ1) is 16.4. The standard InChI is InChI=1S/C26H27Cl2FN4O/c27-24-12-8-20(18-25(24)28)23(19-6-9-21(29)10-7-19)11-13-26(34)33(30)32-16-14-31(15-17-32)22-4-2-1-3-5-22/h1-10,12,18,23H,11,13-17,30H2. The van der Waals surface area contributed by atoms with E-state index in [0.29, 0.717) is 29.6 Å². The molecule has 34 heavy (non-hydrogen) atoms. The number of carbonyl (C=O) groups excluding carboxylic acids is 1. The topological polar surface area (TPSA) is 52.8 Å². The van der Waals surface area contributed by atoms with Crippen LogP contribution in [-0.2, 0) is 4.79 Å². The number of nitrogens with zero attached hydrogens (tertiary/aromatic N) is 3. The third-order valence-electron chi connectivity index (χ3n) is 6.20. The highest BCUT2D eigenvalue weighted by Gasteiger charge is 2.25. The lowest BCUT2D eigenvalue weighted by atomic mass is 9.87. The Bertz CT molecular complexity index is 1110. The third-order valence-corrected chi connectivity index (χ3v) is 6.94. The van der Waals surface area contributed by atoms with Crippen LogP contribution in [0.25, 0.3) is 0 Å². The van der Waals surface area contributed by atoms with Gasteiger partial charge in [0.15, 0.2) is 0 Å². The fraction of sp³-hybridized carbons (Fsp3) is 0.269. The van der Waals surface area contributed by atoms with E-state index >= 15 is 0 Å². The summed E-state index contributed by atoms with van der Waals surface area (Å²) in [5.41, 5.74) is 2.97. The van der Waals surface area contributed by atoms with E-state index < -0.39 is 0 Å². The molecule has 8 heteroatoms. The number of para-hydroxylation sites is 1. The van der Waals surface area contributed by atoms with E-state index in [4.69, 9.17) is 29.0 Å². The summed E-state index contributed by atoms with van der Waals surface area (Å²) in [7, 11) is 0. The SMILES string of the molecule is NN(C(=O)CCC(c1ccc(F)cc1)c1ccc(Cl)c(Cl)c1)N1CCN(c2ccccc2)CC1. The Morgan fingerprint density at radius 3 is 2.21 bits per heavy atom. The molecule has 1 heterocycles. The number of benzene rings is 3. The van der Waals surface area contributed by atoms with Crippen LogP contribution in [0, 0.1) is 5.82 Å². The van der Waals surface area contributed by atoms with Crippen LogP contribution in [0.3, 0.4) is 0 Å². The molecular weight excluding hydrogens is 474 g/mol. The molecule has 1 unspecified atom stereocenters. The minimum Gasteiger partial charge on any atom is -0.369 e. The minimum absolute atomic E-state index is 0.150. The molecule has 1 fully saturated rings. The summed E-state index contributed by atoms with van der Waals surface area (Å²) in [6, 6.07) is 21.9. The zero-order chi connectivity index (χ0) is 24.1. The maximum absolute atomic E-state index is 13.5. The summed E-state index contributed by atoms with van der Waals surface area (Å²) in [6.45, 7) is 2.88. The molecule has 4 rings (SSSR count). The van der Waals surface area contributed by atoms with E-state index in [1.54, 1.807) is 24.3 Å². The van der Waals surface area contributed by atoms with Gasteiger partial charge in [0.05, 0.1) is 10.0 Å². The molecule has 3 aromatic rings. The van der Waals surface area contributed by atoms with E-state index in [-0.39, 0.29) is 24.1 Å². The zero-order valence-electron chi connectivity index (χ0n) is 18.7. The number of anilines is 1. The van der Waals surface area contributed by atoms with Gasteiger partial charge in [0.25, 0.3) is 5.91 Å². The first-order valence-corrected chi connectivity index (χ1v) is 12.0. The van der Waals surface area contributed by atoms with Crippen LogP contribution in [0.2, 0.25) is 10.0 Å². The van der Waals surface area contributed by atoms with Crippen LogP contribution in [0.15, 0.2) is 72.8 Å². The summed E-state index contributed by atoms with van der Waals surface area (Å²) >= 11 is 12.3. The average molecular weight is 501 g/mol. The van der Waals surface area contributed by atoms with Crippen LogP contribution in [0.5, 0.6) is 0 Å². The molecule has 5 nitrogen and oxygen atoms in total. The highest BCUT2D eigenvalue weighted by Crippen LogP contribution is 2.33. The largest absolute Gasteiger partial charge is 0.369 e. The number of halogens is 3. The molecule has 1 amide bonds. The second-order valence-electron chi connectivity index (χ2n) is 8.33. The molecule has 0 bridgehead atoms. The van der Waals surface area contributed by atoms with Crippen molar-refractivity contribution in [2.45, 2.75) is 18.8 Å². The molecule has 0 saturated carbocycles. The quantitative estimate of drug-likeness (QED) is 0.265. The van der Waals surface area contributed by atoms with Gasteiger partial charge in [0.1, 0.15) is 5.82 Å². The second-order valence-corrected chi connectivity index (χ2v) is 9.15. The number of carbonyl (C=O) groups is 1. The summed E-state index contributed by atoms with van der Waals surface area (Å²) in [5, 5.41) is 4.03. The monoisotopic (exact) mass is 500 g/mol. The zero-order valence-corrected chi connectivity index (χ0v) is 20.2. The number of hydrogen-bond acceptors (Lipinski definition) is 4. The van der Waals surface area contributed by atoms with Gasteiger partial charge in [-0.1, -0.05) is 59.6 Å². The summed E-state index contributed by atoms with van der Waals surface area (Å²) in [4.78, 5) is 15.3. The number of amides is 1. The second kappa shape index (κ2) is 11.2. The van der Waals surface area contributed by atoms with Gasteiger partial charge in [-0.25, -0.2) is 20.4 Å². The van der Waals surface area contributed by atoms with Crippen LogP contribution in [-0.4, -0.2) is 42.2 Å². The molecule has 178 valence electrons. The Labute approximate surface area is 209 Å². The Morgan fingerprint density at radius 2 is 1.56 bits per heavy atom. The lowest BCUT2D eigenvalue weighted by molar-refractivity contribution is -0.150. The fourth-order valence-corrected chi connectivity index (χ4v) is 4.61. The van der Waals surface area contributed by atoms with Gasteiger partial charge < -0.3 is 4.90 Å². The highest BCUT2D eigenvalue weighted by molar-refractivity contribution is 6.42. The van der Waals surface area contributed by atoms with Crippen LogP contribution in [0.1, 0.15) is 29.9 Å². The molecule has 0 aliphatic carbocycles. The van der Waals surface area contributed by atoms with Crippen molar-refractivity contribution >= 4 is 34.8 Å². The lowest BCUT2D eigenvalue weighted by Gasteiger charge is -2.39. The van der Waals surface area contributed by atoms with Gasteiger partial charge in [0, 0.05) is 44.2 Å². The maximum atomic E-state index is 13.5. The molecule has 1 atom stereocenters. The Morgan fingerprint density at radius 1 is 0.912 bits per heavy atom. The smallest absolute Gasteiger partial charge is 0.251 e. The van der Waals surface area contributed by atoms with Crippen molar-refractivity contribution in [1.82, 2.24) is 10.1 Å². The number of nitrogens with two attached hydrogens (primary N) is 1. The number of hydrazine groups is 2. The van der Waals surface area contributed by atoms with Gasteiger partial charge in [-0.15, -0.1) is 0 Å². The van der Waals surface area contributed by atoms with Crippen LogP contribution >= 0.6 is 23.2 Å². The maximum Gasteiger partial charge on any atom is 0.251 e. The van der Waals surface area contributed by atoms with Crippen molar-refractivity contribution in [3.05, 3.63) is 99.8 Å². The molecule has 2 N–H and O–H groups in total. The van der Waals surface area contributed by atoms with Crippen molar-refractivity contribution in [2.75, 3.05) is 31.1 Å². The lowest BCUT2D eigenvalue weighted by Crippen LogP contribution is -2.58. The van der Waals surface area contributed by atoms with Gasteiger partial charge in [0.2, 0.25) is 0 Å². The highest BCUT2D eigenvalue weighted by atomic mass is 35.5.